The van der Waals surface area contributed by atoms with Crippen molar-refractivity contribution >= 4 is 23.2 Å². The van der Waals surface area contributed by atoms with Gasteiger partial charge in [-0.2, -0.15) is 0 Å². The number of rotatable bonds is 7. The third-order valence-electron chi connectivity index (χ3n) is 2.94. The van der Waals surface area contributed by atoms with E-state index in [9.17, 15) is 4.79 Å². The molecule has 0 saturated heterocycles. The largest absolute Gasteiger partial charge is 0.369 e. The zero-order chi connectivity index (χ0) is 14.5. The van der Waals surface area contributed by atoms with Crippen molar-refractivity contribution in [3.63, 3.8) is 0 Å². The third-order valence-corrected chi connectivity index (χ3v) is 2.94. The highest BCUT2D eigenvalue weighted by Crippen LogP contribution is 2.20. The number of nitrogens with one attached hydrogen (secondary N) is 1. The molecule has 0 aromatic carbocycles. The average molecular weight is 276 g/mol. The molecule has 2 heterocycles. The van der Waals surface area contributed by atoms with E-state index in [0.717, 1.165) is 24.4 Å². The van der Waals surface area contributed by atoms with Crippen molar-refractivity contribution in [2.45, 2.75) is 20.3 Å². The number of fused-ring (bicyclic) bond motifs is 1. The number of nitrogens with two attached hydrogens (primary N) is 1. The highest BCUT2D eigenvalue weighted by atomic mass is 16.1. The first-order valence-corrected chi connectivity index (χ1v) is 6.76. The fourth-order valence-electron chi connectivity index (χ4n) is 1.99. The van der Waals surface area contributed by atoms with Gasteiger partial charge in [0.2, 0.25) is 5.91 Å². The number of primary amides is 1. The molecule has 0 unspecified atom stereocenters. The molecule has 2 aromatic heterocycles. The Morgan fingerprint density at radius 1 is 1.50 bits per heavy atom. The molecule has 20 heavy (non-hydrogen) atoms. The van der Waals surface area contributed by atoms with Gasteiger partial charge in [0.1, 0.15) is 5.82 Å². The monoisotopic (exact) mass is 276 g/mol. The third kappa shape index (κ3) is 2.98. The zero-order valence-electron chi connectivity index (χ0n) is 11.8. The van der Waals surface area contributed by atoms with Gasteiger partial charge in [-0.1, -0.05) is 6.92 Å². The van der Waals surface area contributed by atoms with Crippen LogP contribution in [0.3, 0.4) is 0 Å². The molecule has 0 radical (unpaired) electrons. The summed E-state index contributed by atoms with van der Waals surface area (Å²) in [6.07, 6.45) is 6.47. The van der Waals surface area contributed by atoms with Crippen LogP contribution in [0.15, 0.2) is 18.6 Å². The lowest BCUT2D eigenvalue weighted by molar-refractivity contribution is -0.116. The molecular weight excluding hydrogens is 256 g/mol. The van der Waals surface area contributed by atoms with Gasteiger partial charge >= 0.3 is 0 Å². The lowest BCUT2D eigenvalue weighted by atomic mass is 10.4. The number of carbonyl (C=O) groups is 1. The molecule has 2 rings (SSSR count). The zero-order valence-corrected chi connectivity index (χ0v) is 11.8. The van der Waals surface area contributed by atoms with E-state index in [1.807, 2.05) is 28.6 Å². The predicted octanol–water partition coefficient (Wildman–Crippen LogP) is 0.863. The highest BCUT2D eigenvalue weighted by molar-refractivity contribution is 5.81. The summed E-state index contributed by atoms with van der Waals surface area (Å²) in [4.78, 5) is 21.9. The Hall–Kier alpha value is -2.31. The van der Waals surface area contributed by atoms with Gasteiger partial charge in [0.05, 0.1) is 12.7 Å². The quantitative estimate of drug-likeness (QED) is 0.783. The summed E-state index contributed by atoms with van der Waals surface area (Å²) in [7, 11) is 0. The number of nitrogens with zero attached hydrogens (tertiary/aromatic N) is 4. The van der Waals surface area contributed by atoms with Crippen molar-refractivity contribution in [3.05, 3.63) is 18.6 Å². The highest BCUT2D eigenvalue weighted by Gasteiger charge is 2.15. The molecule has 108 valence electrons. The summed E-state index contributed by atoms with van der Waals surface area (Å²) in [5.41, 5.74) is 6.01. The smallest absolute Gasteiger partial charge is 0.237 e. The lowest BCUT2D eigenvalue weighted by Crippen LogP contribution is -2.34. The van der Waals surface area contributed by atoms with Crippen LogP contribution in [0.5, 0.6) is 0 Å². The van der Waals surface area contributed by atoms with Crippen molar-refractivity contribution < 1.29 is 4.79 Å². The predicted molar refractivity (Wildman–Crippen MR) is 78.8 cm³/mol. The molecule has 0 aliphatic carbocycles. The van der Waals surface area contributed by atoms with Crippen LogP contribution in [0.1, 0.15) is 20.3 Å². The molecule has 0 bridgehead atoms. The Bertz CT molecular complexity index is 594. The van der Waals surface area contributed by atoms with Crippen molar-refractivity contribution in [1.29, 1.82) is 0 Å². The molecule has 1 amide bonds. The van der Waals surface area contributed by atoms with Crippen LogP contribution in [0.4, 0.5) is 11.6 Å². The minimum absolute atomic E-state index is 0.128. The van der Waals surface area contributed by atoms with E-state index >= 15 is 0 Å². The van der Waals surface area contributed by atoms with Gasteiger partial charge in [-0.3, -0.25) is 4.79 Å². The van der Waals surface area contributed by atoms with Gasteiger partial charge in [-0.15, -0.1) is 0 Å². The van der Waals surface area contributed by atoms with Crippen LogP contribution in [0.2, 0.25) is 0 Å². The Balaban J connectivity index is 2.42. The molecule has 2 aromatic rings. The van der Waals surface area contributed by atoms with Crippen LogP contribution in [0, 0.1) is 0 Å². The van der Waals surface area contributed by atoms with Crippen LogP contribution in [-0.4, -0.2) is 39.9 Å². The topological polar surface area (TPSA) is 88.5 Å². The first kappa shape index (κ1) is 14.1. The van der Waals surface area contributed by atoms with Crippen LogP contribution >= 0.6 is 0 Å². The molecule has 0 atom stereocenters. The Labute approximate surface area is 117 Å². The Morgan fingerprint density at radius 3 is 2.95 bits per heavy atom. The molecule has 0 aliphatic rings. The number of likely N-dealkylation sites (N-methyl/N-ethyl adjacent to an activating group) is 1. The fourth-order valence-corrected chi connectivity index (χ4v) is 1.99. The first-order valence-electron chi connectivity index (χ1n) is 6.76. The molecule has 0 fully saturated rings. The van der Waals surface area contributed by atoms with E-state index in [1.165, 1.54) is 0 Å². The lowest BCUT2D eigenvalue weighted by Gasteiger charge is -2.21. The van der Waals surface area contributed by atoms with Crippen LogP contribution < -0.4 is 16.0 Å². The second-order valence-electron chi connectivity index (χ2n) is 4.52. The van der Waals surface area contributed by atoms with Gasteiger partial charge < -0.3 is 20.4 Å². The standard InChI is InChI=1S/C13H20N6O/c1-3-5-15-11-9-19-7-6-16-12(19)13(17-11)18(4-2)8-10(14)20/h6-7,9,15H,3-5,8H2,1-2H3,(H2,14,20). The number of amides is 1. The number of hydrogen-bond donors (Lipinski definition) is 2. The number of aromatic nitrogens is 3. The van der Waals surface area contributed by atoms with Gasteiger partial charge in [0.15, 0.2) is 11.5 Å². The summed E-state index contributed by atoms with van der Waals surface area (Å²) in [5.74, 6) is 1.04. The van der Waals surface area contributed by atoms with E-state index < -0.39 is 0 Å². The van der Waals surface area contributed by atoms with Crippen molar-refractivity contribution in [3.8, 4) is 0 Å². The Morgan fingerprint density at radius 2 is 2.30 bits per heavy atom. The second kappa shape index (κ2) is 6.23. The number of imidazole rings is 1. The summed E-state index contributed by atoms with van der Waals surface area (Å²) < 4.78 is 1.89. The maximum absolute atomic E-state index is 11.2. The number of anilines is 2. The first-order chi connectivity index (χ1) is 9.65. The molecule has 0 saturated carbocycles. The molecule has 0 aliphatic heterocycles. The molecule has 7 heteroatoms. The average Bonchev–Trinajstić information content (AvgIpc) is 2.89. The van der Waals surface area contributed by atoms with E-state index in [-0.39, 0.29) is 12.5 Å². The maximum Gasteiger partial charge on any atom is 0.237 e. The summed E-state index contributed by atoms with van der Waals surface area (Å²) in [5, 5.41) is 3.25. The molecule has 3 N–H and O–H groups in total. The van der Waals surface area contributed by atoms with E-state index in [2.05, 4.69) is 22.2 Å². The molecule has 7 nitrogen and oxygen atoms in total. The van der Waals surface area contributed by atoms with Gasteiger partial charge in [0, 0.05) is 25.5 Å². The minimum atomic E-state index is -0.384. The van der Waals surface area contributed by atoms with E-state index in [0.29, 0.717) is 12.4 Å². The van der Waals surface area contributed by atoms with Crippen LogP contribution in [0.25, 0.3) is 5.65 Å². The van der Waals surface area contributed by atoms with Crippen molar-refractivity contribution in [2.24, 2.45) is 5.73 Å². The Kier molecular flexibility index (Phi) is 4.39. The second-order valence-corrected chi connectivity index (χ2v) is 4.52. The van der Waals surface area contributed by atoms with E-state index in [4.69, 9.17) is 5.73 Å². The van der Waals surface area contributed by atoms with Gasteiger partial charge in [-0.05, 0) is 13.3 Å². The minimum Gasteiger partial charge on any atom is -0.369 e. The summed E-state index contributed by atoms with van der Waals surface area (Å²) in [6.45, 7) is 5.65. The molecule has 0 spiro atoms. The van der Waals surface area contributed by atoms with Crippen LogP contribution in [-0.2, 0) is 4.79 Å². The van der Waals surface area contributed by atoms with Gasteiger partial charge in [0.25, 0.3) is 0 Å². The summed E-state index contributed by atoms with van der Waals surface area (Å²) >= 11 is 0. The van der Waals surface area contributed by atoms with E-state index in [1.54, 1.807) is 6.20 Å². The molecular formula is C13H20N6O. The van der Waals surface area contributed by atoms with Crippen molar-refractivity contribution in [2.75, 3.05) is 29.9 Å². The van der Waals surface area contributed by atoms with Gasteiger partial charge in [-0.25, -0.2) is 9.97 Å². The summed E-state index contributed by atoms with van der Waals surface area (Å²) in [6, 6.07) is 0. The normalized spacial score (nSPS) is 10.7. The maximum atomic E-state index is 11.2. The number of hydrogen-bond acceptors (Lipinski definition) is 5. The number of carbonyl (C=O) groups excluding carboxylic acids is 1. The SMILES string of the molecule is CCCNc1cn2ccnc2c(N(CC)CC(N)=O)n1. The fraction of sp³-hybridized carbons (Fsp3) is 0.462. The van der Waals surface area contributed by atoms with Crippen molar-refractivity contribution in [1.82, 2.24) is 14.4 Å².